The van der Waals surface area contributed by atoms with Crippen LogP contribution in [0, 0.1) is 27.7 Å². The number of hydrogen-bond acceptors (Lipinski definition) is 3. The van der Waals surface area contributed by atoms with Crippen LogP contribution in [-0.2, 0) is 4.79 Å². The van der Waals surface area contributed by atoms with E-state index in [9.17, 15) is 9.59 Å². The van der Waals surface area contributed by atoms with Gasteiger partial charge in [-0.1, -0.05) is 17.7 Å². The summed E-state index contributed by atoms with van der Waals surface area (Å²) in [6.07, 6.45) is 0. The Morgan fingerprint density at radius 3 is 2.23 bits per heavy atom. The van der Waals surface area contributed by atoms with Gasteiger partial charge in [-0.3, -0.25) is 9.59 Å². The van der Waals surface area contributed by atoms with Crippen LogP contribution in [-0.4, -0.2) is 18.4 Å². The third-order valence-electron chi connectivity index (χ3n) is 3.32. The highest BCUT2D eigenvalue weighted by molar-refractivity contribution is 5.98. The standard InChI is InChI=1S/C17H20N2O3/c1-10-7-11(2)16(12(3)8-10)19-15(20)9-18-17(21)14-6-5-13(4)22-14/h5-8H,9H2,1-4H3,(H,18,21)(H,19,20). The molecule has 5 nitrogen and oxygen atoms in total. The highest BCUT2D eigenvalue weighted by Gasteiger charge is 2.13. The summed E-state index contributed by atoms with van der Waals surface area (Å²) < 4.78 is 5.20. The van der Waals surface area contributed by atoms with Crippen molar-refractivity contribution >= 4 is 17.5 Å². The first-order valence-corrected chi connectivity index (χ1v) is 7.09. The van der Waals surface area contributed by atoms with Crippen molar-refractivity contribution in [2.45, 2.75) is 27.7 Å². The maximum absolute atomic E-state index is 12.0. The van der Waals surface area contributed by atoms with E-state index in [1.165, 1.54) is 0 Å². The van der Waals surface area contributed by atoms with Gasteiger partial charge in [-0.05, 0) is 51.0 Å². The molecule has 22 heavy (non-hydrogen) atoms. The van der Waals surface area contributed by atoms with E-state index in [0.29, 0.717) is 5.76 Å². The first kappa shape index (κ1) is 15.8. The van der Waals surface area contributed by atoms with Gasteiger partial charge in [0.05, 0.1) is 6.54 Å². The van der Waals surface area contributed by atoms with Crippen LogP contribution in [0.15, 0.2) is 28.7 Å². The fraction of sp³-hybridized carbons (Fsp3) is 0.294. The first-order valence-electron chi connectivity index (χ1n) is 7.09. The molecular weight excluding hydrogens is 280 g/mol. The minimum absolute atomic E-state index is 0.106. The van der Waals surface area contributed by atoms with E-state index in [-0.39, 0.29) is 18.2 Å². The topological polar surface area (TPSA) is 71.3 Å². The normalized spacial score (nSPS) is 10.4. The van der Waals surface area contributed by atoms with Gasteiger partial charge in [-0.2, -0.15) is 0 Å². The number of carbonyl (C=O) groups excluding carboxylic acids is 2. The molecule has 5 heteroatoms. The quantitative estimate of drug-likeness (QED) is 0.912. The van der Waals surface area contributed by atoms with Gasteiger partial charge in [-0.15, -0.1) is 0 Å². The van der Waals surface area contributed by atoms with E-state index >= 15 is 0 Å². The van der Waals surface area contributed by atoms with Crippen LogP contribution in [0.25, 0.3) is 0 Å². The lowest BCUT2D eigenvalue weighted by molar-refractivity contribution is -0.115. The summed E-state index contributed by atoms with van der Waals surface area (Å²) >= 11 is 0. The zero-order valence-corrected chi connectivity index (χ0v) is 13.2. The number of anilines is 1. The largest absolute Gasteiger partial charge is 0.456 e. The molecule has 0 atom stereocenters. The smallest absolute Gasteiger partial charge is 0.287 e. The van der Waals surface area contributed by atoms with Crippen molar-refractivity contribution in [1.82, 2.24) is 5.32 Å². The lowest BCUT2D eigenvalue weighted by Gasteiger charge is -2.13. The fourth-order valence-electron chi connectivity index (χ4n) is 2.37. The maximum atomic E-state index is 12.0. The van der Waals surface area contributed by atoms with Crippen LogP contribution < -0.4 is 10.6 Å². The number of rotatable bonds is 4. The van der Waals surface area contributed by atoms with Crippen molar-refractivity contribution in [3.8, 4) is 0 Å². The molecule has 1 heterocycles. The Balaban J connectivity index is 1.95. The van der Waals surface area contributed by atoms with Gasteiger partial charge in [0, 0.05) is 5.69 Å². The molecule has 0 unspecified atom stereocenters. The van der Waals surface area contributed by atoms with E-state index in [4.69, 9.17) is 4.42 Å². The van der Waals surface area contributed by atoms with E-state index in [0.717, 1.165) is 22.4 Å². The molecule has 0 bridgehead atoms. The van der Waals surface area contributed by atoms with E-state index in [1.54, 1.807) is 19.1 Å². The third kappa shape index (κ3) is 3.75. The first-order chi connectivity index (χ1) is 10.4. The van der Waals surface area contributed by atoms with Crippen LogP contribution in [0.3, 0.4) is 0 Å². The van der Waals surface area contributed by atoms with Crippen molar-refractivity contribution in [3.63, 3.8) is 0 Å². The predicted molar refractivity (Wildman–Crippen MR) is 85.1 cm³/mol. The summed E-state index contributed by atoms with van der Waals surface area (Å²) in [5, 5.41) is 5.37. The Kier molecular flexibility index (Phi) is 4.65. The summed E-state index contributed by atoms with van der Waals surface area (Å²) in [4.78, 5) is 23.8. The molecule has 2 aromatic rings. The van der Waals surface area contributed by atoms with Gasteiger partial charge in [-0.25, -0.2) is 0 Å². The Hall–Kier alpha value is -2.56. The summed E-state index contributed by atoms with van der Waals surface area (Å²) in [6, 6.07) is 7.30. The van der Waals surface area contributed by atoms with E-state index in [2.05, 4.69) is 10.6 Å². The van der Waals surface area contributed by atoms with E-state index < -0.39 is 5.91 Å². The van der Waals surface area contributed by atoms with Crippen molar-refractivity contribution in [1.29, 1.82) is 0 Å². The SMILES string of the molecule is Cc1cc(C)c(NC(=O)CNC(=O)c2ccc(C)o2)c(C)c1. The summed E-state index contributed by atoms with van der Waals surface area (Å²) in [7, 11) is 0. The predicted octanol–water partition coefficient (Wildman–Crippen LogP) is 2.88. The molecule has 0 aliphatic rings. The van der Waals surface area contributed by atoms with Crippen LogP contribution in [0.1, 0.15) is 33.0 Å². The van der Waals surface area contributed by atoms with Gasteiger partial charge >= 0.3 is 0 Å². The number of hydrogen-bond donors (Lipinski definition) is 2. The number of aryl methyl sites for hydroxylation is 4. The molecule has 2 amide bonds. The number of amides is 2. The Morgan fingerprint density at radius 2 is 1.68 bits per heavy atom. The molecule has 2 N–H and O–H groups in total. The molecule has 1 aromatic heterocycles. The molecule has 0 saturated carbocycles. The third-order valence-corrected chi connectivity index (χ3v) is 3.32. The average molecular weight is 300 g/mol. The number of nitrogens with one attached hydrogen (secondary N) is 2. The number of carbonyl (C=O) groups is 2. The second kappa shape index (κ2) is 6.47. The molecule has 2 rings (SSSR count). The second-order valence-electron chi connectivity index (χ2n) is 5.41. The maximum Gasteiger partial charge on any atom is 0.287 e. The number of benzene rings is 1. The molecule has 0 aliphatic heterocycles. The highest BCUT2D eigenvalue weighted by atomic mass is 16.3. The highest BCUT2D eigenvalue weighted by Crippen LogP contribution is 2.21. The summed E-state index contributed by atoms with van der Waals surface area (Å²) in [5.41, 5.74) is 3.94. The zero-order chi connectivity index (χ0) is 16.3. The average Bonchev–Trinajstić information content (AvgIpc) is 2.87. The molecule has 0 radical (unpaired) electrons. The van der Waals surface area contributed by atoms with Gasteiger partial charge in [0.1, 0.15) is 5.76 Å². The van der Waals surface area contributed by atoms with E-state index in [1.807, 2.05) is 32.9 Å². The van der Waals surface area contributed by atoms with Crippen LogP contribution >= 0.6 is 0 Å². The molecule has 0 fully saturated rings. The summed E-state index contributed by atoms with van der Waals surface area (Å²) in [5.74, 6) is 0.181. The number of furan rings is 1. The van der Waals surface area contributed by atoms with Crippen LogP contribution in [0.5, 0.6) is 0 Å². The fourth-order valence-corrected chi connectivity index (χ4v) is 2.37. The molecular formula is C17H20N2O3. The Bertz CT molecular complexity index is 693. The van der Waals surface area contributed by atoms with Crippen molar-refractivity contribution in [3.05, 3.63) is 52.5 Å². The Morgan fingerprint density at radius 1 is 1.05 bits per heavy atom. The van der Waals surface area contributed by atoms with Crippen LogP contribution in [0.4, 0.5) is 5.69 Å². The molecule has 0 aliphatic carbocycles. The molecule has 116 valence electrons. The lowest BCUT2D eigenvalue weighted by atomic mass is 10.1. The zero-order valence-electron chi connectivity index (χ0n) is 13.2. The lowest BCUT2D eigenvalue weighted by Crippen LogP contribution is -2.33. The van der Waals surface area contributed by atoms with Crippen molar-refractivity contribution in [2.24, 2.45) is 0 Å². The second-order valence-corrected chi connectivity index (χ2v) is 5.41. The van der Waals surface area contributed by atoms with Gasteiger partial charge in [0.15, 0.2) is 5.76 Å². The van der Waals surface area contributed by atoms with Gasteiger partial charge in [0.25, 0.3) is 5.91 Å². The van der Waals surface area contributed by atoms with Crippen molar-refractivity contribution in [2.75, 3.05) is 11.9 Å². The molecule has 1 aromatic carbocycles. The van der Waals surface area contributed by atoms with Gasteiger partial charge in [0.2, 0.25) is 5.91 Å². The molecule has 0 spiro atoms. The molecule has 0 saturated heterocycles. The van der Waals surface area contributed by atoms with Crippen LogP contribution in [0.2, 0.25) is 0 Å². The minimum Gasteiger partial charge on any atom is -0.456 e. The minimum atomic E-state index is -0.402. The summed E-state index contributed by atoms with van der Waals surface area (Å²) in [6.45, 7) is 7.55. The van der Waals surface area contributed by atoms with Crippen molar-refractivity contribution < 1.29 is 14.0 Å². The Labute approximate surface area is 129 Å². The monoisotopic (exact) mass is 300 g/mol. The van der Waals surface area contributed by atoms with Gasteiger partial charge < -0.3 is 15.1 Å².